The first-order valence-corrected chi connectivity index (χ1v) is 12.5. The third-order valence-corrected chi connectivity index (χ3v) is 7.49. The van der Waals surface area contributed by atoms with Gasteiger partial charge in [-0.25, -0.2) is 13.4 Å². The number of piperidine rings is 1. The molecule has 2 atom stereocenters. The van der Waals surface area contributed by atoms with Gasteiger partial charge in [-0.15, -0.1) is 0 Å². The fourth-order valence-corrected chi connectivity index (χ4v) is 5.72. The van der Waals surface area contributed by atoms with Gasteiger partial charge in [-0.05, 0) is 47.7 Å². The molecule has 6 heteroatoms. The van der Waals surface area contributed by atoms with Crippen LogP contribution in [0.5, 0.6) is 0 Å². The number of para-hydroxylation sites is 1. The molecule has 31 heavy (non-hydrogen) atoms. The Hall–Kier alpha value is -2.70. The van der Waals surface area contributed by atoms with Gasteiger partial charge < -0.3 is 0 Å². The van der Waals surface area contributed by atoms with Gasteiger partial charge >= 0.3 is 0 Å². The van der Waals surface area contributed by atoms with Crippen molar-refractivity contribution in [1.82, 2.24) is 9.88 Å². The minimum Gasteiger partial charge on any atom is -0.299 e. The van der Waals surface area contributed by atoms with Crippen LogP contribution in [0.4, 0.5) is 5.69 Å². The lowest BCUT2D eigenvalue weighted by Gasteiger charge is -2.23. The largest absolute Gasteiger partial charge is 0.299 e. The van der Waals surface area contributed by atoms with E-state index < -0.39 is 10.0 Å². The summed E-state index contributed by atoms with van der Waals surface area (Å²) in [7, 11) is -3.26. The summed E-state index contributed by atoms with van der Waals surface area (Å²) < 4.78 is 25.7. The van der Waals surface area contributed by atoms with E-state index in [-0.39, 0.29) is 5.41 Å². The van der Waals surface area contributed by atoms with Crippen molar-refractivity contribution in [3.05, 3.63) is 78.0 Å². The predicted octanol–water partition coefficient (Wildman–Crippen LogP) is 4.14. The van der Waals surface area contributed by atoms with E-state index in [1.54, 1.807) is 0 Å². The van der Waals surface area contributed by atoms with Crippen molar-refractivity contribution < 1.29 is 8.42 Å². The summed E-state index contributed by atoms with van der Waals surface area (Å²) in [5.74, 6) is 1.24. The van der Waals surface area contributed by atoms with Crippen molar-refractivity contribution in [3.8, 4) is 0 Å². The normalized spacial score (nSPS) is 25.7. The molecule has 2 fully saturated rings. The van der Waals surface area contributed by atoms with E-state index in [1.165, 1.54) is 11.8 Å². The van der Waals surface area contributed by atoms with Gasteiger partial charge in [0.25, 0.3) is 0 Å². The number of sulfonamides is 1. The second-order valence-corrected chi connectivity index (χ2v) is 10.7. The van der Waals surface area contributed by atoms with Crippen molar-refractivity contribution >= 4 is 32.7 Å². The van der Waals surface area contributed by atoms with E-state index in [1.807, 2.05) is 36.4 Å². The molecular formula is C25H27N3O2S. The fraction of sp³-hybridized carbons (Fsp3) is 0.320. The summed E-state index contributed by atoms with van der Waals surface area (Å²) >= 11 is 0. The highest BCUT2D eigenvalue weighted by Gasteiger charge is 2.65. The van der Waals surface area contributed by atoms with Crippen LogP contribution >= 0.6 is 0 Å². The predicted molar refractivity (Wildman–Crippen MR) is 126 cm³/mol. The minimum atomic E-state index is -3.26. The average Bonchev–Trinajstić information content (AvgIpc) is 3.08. The number of benzene rings is 2. The summed E-state index contributed by atoms with van der Waals surface area (Å²) in [5, 5.41) is 1.16. The van der Waals surface area contributed by atoms with Gasteiger partial charge in [-0.1, -0.05) is 49.4 Å². The molecule has 0 spiro atoms. The van der Waals surface area contributed by atoms with Crippen molar-refractivity contribution in [2.45, 2.75) is 12.3 Å². The molecule has 2 heterocycles. The number of rotatable bonds is 6. The van der Waals surface area contributed by atoms with Crippen LogP contribution in [0.2, 0.25) is 0 Å². The number of nitrogens with zero attached hydrogens (tertiary/aromatic N) is 2. The van der Waals surface area contributed by atoms with E-state index in [0.29, 0.717) is 17.5 Å². The summed E-state index contributed by atoms with van der Waals surface area (Å²) in [5.41, 5.74) is 4.02. The van der Waals surface area contributed by atoms with Crippen LogP contribution in [-0.2, 0) is 15.4 Å². The van der Waals surface area contributed by atoms with E-state index in [0.717, 1.165) is 36.2 Å². The second kappa shape index (κ2) is 7.46. The number of aromatic nitrogens is 1. The summed E-state index contributed by atoms with van der Waals surface area (Å²) in [6.07, 6.45) is 5.50. The lowest BCUT2D eigenvalue weighted by atomic mass is 9.92. The maximum atomic E-state index is 11.6. The summed E-state index contributed by atoms with van der Waals surface area (Å²) in [6, 6.07) is 20.2. The van der Waals surface area contributed by atoms with Gasteiger partial charge in [-0.2, -0.15) is 0 Å². The van der Waals surface area contributed by atoms with Crippen LogP contribution in [0.3, 0.4) is 0 Å². The Morgan fingerprint density at radius 1 is 1.10 bits per heavy atom. The highest BCUT2D eigenvalue weighted by Crippen LogP contribution is 2.63. The summed E-state index contributed by atoms with van der Waals surface area (Å²) in [6.45, 7) is 5.38. The van der Waals surface area contributed by atoms with Crippen molar-refractivity contribution in [2.75, 3.05) is 30.6 Å². The number of hydrogen-bond donors (Lipinski definition) is 1. The molecule has 2 aliphatic rings. The highest BCUT2D eigenvalue weighted by atomic mass is 32.2. The Kier molecular flexibility index (Phi) is 4.87. The number of nitrogens with one attached hydrogen (secondary N) is 1. The van der Waals surface area contributed by atoms with Gasteiger partial charge in [0.05, 0.1) is 17.5 Å². The van der Waals surface area contributed by atoms with E-state index in [2.05, 4.69) is 53.0 Å². The van der Waals surface area contributed by atoms with Crippen molar-refractivity contribution in [2.24, 2.45) is 11.8 Å². The van der Waals surface area contributed by atoms with Gasteiger partial charge in [0, 0.05) is 36.1 Å². The molecule has 1 aromatic heterocycles. The smallest absolute Gasteiger partial charge is 0.229 e. The Balaban J connectivity index is 1.21. The van der Waals surface area contributed by atoms with Gasteiger partial charge in [-0.3, -0.25) is 9.62 Å². The molecule has 5 rings (SSSR count). The Bertz CT molecular complexity index is 1260. The molecule has 0 radical (unpaired) electrons. The van der Waals surface area contributed by atoms with E-state index >= 15 is 0 Å². The number of hydrogen-bond acceptors (Lipinski definition) is 4. The molecule has 1 saturated heterocycles. The molecule has 0 bridgehead atoms. The molecular weight excluding hydrogens is 406 g/mol. The first-order chi connectivity index (χ1) is 14.8. The van der Waals surface area contributed by atoms with Gasteiger partial charge in [0.15, 0.2) is 0 Å². The van der Waals surface area contributed by atoms with Crippen molar-refractivity contribution in [1.29, 1.82) is 0 Å². The maximum absolute atomic E-state index is 11.6. The molecule has 1 N–H and O–H groups in total. The number of likely N-dealkylation sites (tertiary alicyclic amines) is 1. The third-order valence-electron chi connectivity index (χ3n) is 6.89. The molecule has 160 valence electrons. The van der Waals surface area contributed by atoms with Crippen LogP contribution in [0.15, 0.2) is 66.7 Å². The van der Waals surface area contributed by atoms with E-state index in [9.17, 15) is 8.42 Å². The Morgan fingerprint density at radius 2 is 1.87 bits per heavy atom. The zero-order chi connectivity index (χ0) is 21.6. The molecule has 1 aliphatic carbocycles. The molecule has 2 aromatic carbocycles. The first kappa shape index (κ1) is 20.2. The zero-order valence-electron chi connectivity index (χ0n) is 17.8. The van der Waals surface area contributed by atoms with Crippen LogP contribution < -0.4 is 4.72 Å². The molecule has 1 saturated carbocycles. The SMILES string of the molecule is CC1(c2cccc(NS(C)(=O)=O)c2)C2CN(C/C=C/c3ccc4ccccc4n3)CC21. The van der Waals surface area contributed by atoms with Crippen LogP contribution in [-0.4, -0.2) is 44.2 Å². The van der Waals surface area contributed by atoms with Gasteiger partial charge in [0.1, 0.15) is 0 Å². The maximum Gasteiger partial charge on any atom is 0.229 e. The highest BCUT2D eigenvalue weighted by molar-refractivity contribution is 7.92. The average molecular weight is 434 g/mol. The second-order valence-electron chi connectivity index (χ2n) is 9.00. The summed E-state index contributed by atoms with van der Waals surface area (Å²) in [4.78, 5) is 7.20. The topological polar surface area (TPSA) is 62.3 Å². The molecule has 2 unspecified atom stereocenters. The third kappa shape index (κ3) is 3.98. The number of anilines is 1. The first-order valence-electron chi connectivity index (χ1n) is 10.7. The Morgan fingerprint density at radius 3 is 2.65 bits per heavy atom. The van der Waals surface area contributed by atoms with Gasteiger partial charge in [0.2, 0.25) is 10.0 Å². The van der Waals surface area contributed by atoms with E-state index in [4.69, 9.17) is 4.98 Å². The fourth-order valence-electron chi connectivity index (χ4n) is 5.17. The monoisotopic (exact) mass is 433 g/mol. The zero-order valence-corrected chi connectivity index (χ0v) is 18.6. The van der Waals surface area contributed by atoms with Crippen LogP contribution in [0.25, 0.3) is 17.0 Å². The van der Waals surface area contributed by atoms with Crippen LogP contribution in [0, 0.1) is 11.8 Å². The molecule has 5 nitrogen and oxygen atoms in total. The lowest BCUT2D eigenvalue weighted by Crippen LogP contribution is -2.29. The lowest BCUT2D eigenvalue weighted by molar-refractivity contribution is 0.305. The number of pyridine rings is 1. The quantitative estimate of drug-likeness (QED) is 0.635. The number of fused-ring (bicyclic) bond motifs is 2. The Labute approximate surface area is 183 Å². The van der Waals surface area contributed by atoms with Crippen LogP contribution in [0.1, 0.15) is 18.2 Å². The molecule has 0 amide bonds. The van der Waals surface area contributed by atoms with Crippen molar-refractivity contribution in [3.63, 3.8) is 0 Å². The minimum absolute atomic E-state index is 0.134. The molecule has 3 aromatic rings. The standard InChI is InChI=1S/C25H27N3O2S/c1-25(19-8-5-9-21(15-19)27-31(2,29)30)22-16-28(17-23(22)25)14-6-10-20-13-12-18-7-3-4-11-24(18)26-20/h3-13,15,22-23,27H,14,16-17H2,1-2H3/b10-6+. The molecule has 1 aliphatic heterocycles.